The Kier molecular flexibility index (Phi) is 8.11. The van der Waals surface area contributed by atoms with Crippen molar-refractivity contribution in [3.8, 4) is 23.0 Å². The fraction of sp³-hybridized carbons (Fsp3) is 0.448. The van der Waals surface area contributed by atoms with E-state index in [9.17, 15) is 9.90 Å². The van der Waals surface area contributed by atoms with E-state index in [0.29, 0.717) is 12.5 Å². The maximum Gasteiger partial charge on any atom is 0.335 e. The van der Waals surface area contributed by atoms with Gasteiger partial charge in [0.05, 0.1) is 6.61 Å². The summed E-state index contributed by atoms with van der Waals surface area (Å²) < 4.78 is 23.6. The number of aromatic nitrogens is 1. The van der Waals surface area contributed by atoms with Crippen LogP contribution in [0.25, 0.3) is 11.5 Å². The van der Waals surface area contributed by atoms with Crippen LogP contribution in [0, 0.1) is 18.8 Å². The monoisotopic (exact) mass is 493 g/mol. The van der Waals surface area contributed by atoms with Crippen molar-refractivity contribution < 1.29 is 28.5 Å². The second-order valence-electron chi connectivity index (χ2n) is 9.98. The van der Waals surface area contributed by atoms with Gasteiger partial charge in [-0.1, -0.05) is 24.6 Å². The van der Waals surface area contributed by atoms with Crippen LogP contribution >= 0.6 is 0 Å². The molecular weight excluding hydrogens is 458 g/mol. The molecule has 7 nitrogen and oxygen atoms in total. The van der Waals surface area contributed by atoms with Gasteiger partial charge in [-0.2, -0.15) is 0 Å². The van der Waals surface area contributed by atoms with Gasteiger partial charge in [0.25, 0.3) is 0 Å². The summed E-state index contributed by atoms with van der Waals surface area (Å²) in [6, 6.07) is 17.3. The summed E-state index contributed by atoms with van der Waals surface area (Å²) >= 11 is 0. The minimum Gasteiger partial charge on any atom is -0.479 e. The highest BCUT2D eigenvalue weighted by Crippen LogP contribution is 2.41. The number of nitrogens with zero attached hydrogens (tertiary/aromatic N) is 1. The molecule has 0 spiro atoms. The highest BCUT2D eigenvalue weighted by molar-refractivity contribution is 5.76. The number of aliphatic carboxylic acids is 1. The molecule has 1 N–H and O–H groups in total. The number of benzene rings is 2. The van der Waals surface area contributed by atoms with E-state index in [0.717, 1.165) is 54.2 Å². The molecule has 2 aromatic carbocycles. The average molecular weight is 494 g/mol. The first-order valence-corrected chi connectivity index (χ1v) is 12.5. The molecule has 1 fully saturated rings. The van der Waals surface area contributed by atoms with Crippen molar-refractivity contribution in [1.29, 1.82) is 0 Å². The van der Waals surface area contributed by atoms with Crippen molar-refractivity contribution in [3.63, 3.8) is 0 Å². The Balaban J connectivity index is 1.44. The topological polar surface area (TPSA) is 91.0 Å². The number of oxazole rings is 1. The molecular formula is C29H35NO6. The van der Waals surface area contributed by atoms with E-state index in [-0.39, 0.29) is 17.9 Å². The first kappa shape index (κ1) is 25.9. The zero-order valence-electron chi connectivity index (χ0n) is 21.4. The summed E-state index contributed by atoms with van der Waals surface area (Å²) in [6.45, 7) is 5.53. The Hall–Kier alpha value is -3.16. The minimum absolute atomic E-state index is 0.196. The third kappa shape index (κ3) is 6.15. The van der Waals surface area contributed by atoms with Crippen molar-refractivity contribution >= 4 is 5.97 Å². The lowest BCUT2D eigenvalue weighted by molar-refractivity contribution is -0.163. The predicted octanol–water partition coefficient (Wildman–Crippen LogP) is 6.82. The molecule has 1 aromatic heterocycles. The lowest BCUT2D eigenvalue weighted by Crippen LogP contribution is -2.37. The molecule has 7 heteroatoms. The zero-order chi connectivity index (χ0) is 25.7. The number of carbonyl (C=O) groups is 1. The molecule has 192 valence electrons. The number of hydrogen-bond acceptors (Lipinski definition) is 6. The van der Waals surface area contributed by atoms with E-state index in [1.165, 1.54) is 0 Å². The third-order valence-electron chi connectivity index (χ3n) is 6.88. The SMILES string of the molecule is COC(c1nc(-c2ccc(Oc3ccccc3)cc2)oc1C)[C@H]1CCC[C@@H](COC(C)(C)C(=O)O)C1. The molecule has 0 aliphatic heterocycles. The normalized spacial score (nSPS) is 19.1. The second kappa shape index (κ2) is 11.3. The maximum atomic E-state index is 11.4. The molecule has 36 heavy (non-hydrogen) atoms. The zero-order valence-corrected chi connectivity index (χ0v) is 21.4. The van der Waals surface area contributed by atoms with Crippen LogP contribution in [0.15, 0.2) is 59.0 Å². The van der Waals surface area contributed by atoms with Crippen molar-refractivity contribution in [1.82, 2.24) is 4.98 Å². The number of hydrogen-bond donors (Lipinski definition) is 1. The predicted molar refractivity (Wildman–Crippen MR) is 136 cm³/mol. The minimum atomic E-state index is -1.19. The van der Waals surface area contributed by atoms with Crippen LogP contribution in [-0.2, 0) is 14.3 Å². The third-order valence-corrected chi connectivity index (χ3v) is 6.88. The molecule has 4 rings (SSSR count). The lowest BCUT2D eigenvalue weighted by Gasteiger charge is -2.34. The Morgan fingerprint density at radius 1 is 1.11 bits per heavy atom. The Morgan fingerprint density at radius 3 is 2.47 bits per heavy atom. The largest absolute Gasteiger partial charge is 0.479 e. The van der Waals surface area contributed by atoms with Gasteiger partial charge in [0.1, 0.15) is 29.1 Å². The van der Waals surface area contributed by atoms with Crippen LogP contribution in [0.3, 0.4) is 0 Å². The molecule has 3 aromatic rings. The van der Waals surface area contributed by atoms with E-state index >= 15 is 0 Å². The van der Waals surface area contributed by atoms with Crippen molar-refractivity contribution in [2.24, 2.45) is 11.8 Å². The van der Waals surface area contributed by atoms with Gasteiger partial charge >= 0.3 is 5.97 Å². The number of para-hydroxylation sites is 1. The van der Waals surface area contributed by atoms with E-state index in [4.69, 9.17) is 23.6 Å². The molecule has 1 saturated carbocycles. The summed E-state index contributed by atoms with van der Waals surface area (Å²) in [4.78, 5) is 16.2. The first-order chi connectivity index (χ1) is 17.3. The van der Waals surface area contributed by atoms with Crippen molar-refractivity contribution in [2.45, 2.75) is 58.2 Å². The number of aryl methyl sites for hydroxylation is 1. The van der Waals surface area contributed by atoms with Crippen molar-refractivity contribution in [3.05, 3.63) is 66.1 Å². The summed E-state index contributed by atoms with van der Waals surface area (Å²) in [7, 11) is 1.71. The van der Waals surface area contributed by atoms with Crippen LogP contribution in [-0.4, -0.2) is 35.4 Å². The Labute approximate surface area is 212 Å². The molecule has 0 amide bonds. The Morgan fingerprint density at radius 2 is 1.81 bits per heavy atom. The number of ether oxygens (including phenoxy) is 3. The molecule has 3 atom stereocenters. The van der Waals surface area contributed by atoms with Crippen LogP contribution in [0.5, 0.6) is 11.5 Å². The maximum absolute atomic E-state index is 11.4. The molecule has 0 bridgehead atoms. The molecule has 1 unspecified atom stereocenters. The van der Waals surface area contributed by atoms with Crippen LogP contribution < -0.4 is 4.74 Å². The van der Waals surface area contributed by atoms with Gasteiger partial charge in [-0.3, -0.25) is 0 Å². The summed E-state index contributed by atoms with van der Waals surface area (Å²) in [5, 5.41) is 9.34. The number of carboxylic acids is 1. The molecule has 1 aliphatic rings. The van der Waals surface area contributed by atoms with Gasteiger partial charge in [0.2, 0.25) is 5.89 Å². The van der Waals surface area contributed by atoms with Crippen LogP contribution in [0.4, 0.5) is 0 Å². The van der Waals surface area contributed by atoms with E-state index in [2.05, 4.69) is 0 Å². The first-order valence-electron chi connectivity index (χ1n) is 12.5. The van der Waals surface area contributed by atoms with E-state index in [1.807, 2.05) is 61.5 Å². The highest BCUT2D eigenvalue weighted by atomic mass is 16.5. The molecule has 1 aliphatic carbocycles. The Bertz CT molecular complexity index is 1140. The second-order valence-corrected chi connectivity index (χ2v) is 9.98. The summed E-state index contributed by atoms with van der Waals surface area (Å²) in [5.41, 5.74) is 0.493. The van der Waals surface area contributed by atoms with E-state index in [1.54, 1.807) is 21.0 Å². The summed E-state index contributed by atoms with van der Waals surface area (Å²) in [6.07, 6.45) is 3.77. The van der Waals surface area contributed by atoms with Crippen molar-refractivity contribution in [2.75, 3.05) is 13.7 Å². The number of rotatable bonds is 10. The molecule has 0 radical (unpaired) electrons. The standard InChI is InChI=1S/C29H35NO6/c1-19-25(26(33-4)22-10-8-9-20(17-22)18-34-29(2,3)28(31)32)30-27(35-19)21-13-15-24(16-14-21)36-23-11-6-5-7-12-23/h5-7,11-16,20,22,26H,8-10,17-18H2,1-4H3,(H,31,32)/t20-,22+,26?/m1/s1. The van der Waals surface area contributed by atoms with Crippen LogP contribution in [0.1, 0.15) is 57.1 Å². The average Bonchev–Trinajstić information content (AvgIpc) is 3.26. The molecule has 1 heterocycles. The number of carboxylic acid groups (broad SMARTS) is 1. The summed E-state index contributed by atoms with van der Waals surface area (Å²) in [5.74, 6) is 2.40. The quantitative estimate of drug-likeness (QED) is 0.331. The molecule has 0 saturated heterocycles. The highest BCUT2D eigenvalue weighted by Gasteiger charge is 2.35. The van der Waals surface area contributed by atoms with Gasteiger partial charge in [-0.05, 0) is 88.3 Å². The fourth-order valence-corrected chi connectivity index (χ4v) is 4.76. The van der Waals surface area contributed by atoms with Crippen LogP contribution in [0.2, 0.25) is 0 Å². The van der Waals surface area contributed by atoms with Gasteiger partial charge in [-0.15, -0.1) is 0 Å². The fourth-order valence-electron chi connectivity index (χ4n) is 4.76. The van der Waals surface area contributed by atoms with Gasteiger partial charge in [-0.25, -0.2) is 9.78 Å². The smallest absolute Gasteiger partial charge is 0.335 e. The van der Waals surface area contributed by atoms with Gasteiger partial charge in [0.15, 0.2) is 5.60 Å². The van der Waals surface area contributed by atoms with E-state index < -0.39 is 11.6 Å². The lowest BCUT2D eigenvalue weighted by atomic mass is 9.78. The van der Waals surface area contributed by atoms with Gasteiger partial charge in [0, 0.05) is 12.7 Å². The van der Waals surface area contributed by atoms with Gasteiger partial charge < -0.3 is 23.7 Å². The number of methoxy groups -OCH3 is 1.